The number of para-hydroxylation sites is 2. The largest absolute Gasteiger partial charge is 0.507 e. The van der Waals surface area contributed by atoms with Crippen LogP contribution in [0, 0.1) is 6.92 Å². The lowest BCUT2D eigenvalue weighted by Crippen LogP contribution is -2.38. The number of carboxylic acids is 1. The Balaban J connectivity index is 2.16. The predicted octanol–water partition coefficient (Wildman–Crippen LogP) is 1.99. The molecule has 0 saturated carbocycles. The van der Waals surface area contributed by atoms with E-state index in [0.717, 1.165) is 12.1 Å². The lowest BCUT2D eigenvalue weighted by Gasteiger charge is -2.30. The fraction of sp³-hybridized carbons (Fsp3) is 0.188. The van der Waals surface area contributed by atoms with Gasteiger partial charge in [-0.25, -0.2) is 13.2 Å². The van der Waals surface area contributed by atoms with Crippen molar-refractivity contribution >= 4 is 21.7 Å². The van der Waals surface area contributed by atoms with Crippen LogP contribution in [0.5, 0.6) is 11.5 Å². The molecule has 2 aromatic rings. The molecule has 0 amide bonds. The summed E-state index contributed by atoms with van der Waals surface area (Å²) in [6.07, 6.45) is 0. The minimum atomic E-state index is -4.00. The average Bonchev–Trinajstić information content (AvgIpc) is 2.53. The van der Waals surface area contributed by atoms with E-state index in [1.54, 1.807) is 24.3 Å². The van der Waals surface area contributed by atoms with Crippen molar-refractivity contribution in [1.82, 2.24) is 0 Å². The third-order valence-electron chi connectivity index (χ3n) is 3.78. The van der Waals surface area contributed by atoms with E-state index in [2.05, 4.69) is 0 Å². The van der Waals surface area contributed by atoms with Gasteiger partial charge in [-0.15, -0.1) is 0 Å². The predicted molar refractivity (Wildman–Crippen MR) is 86.3 cm³/mol. The lowest BCUT2D eigenvalue weighted by molar-refractivity contribution is 0.0693. The van der Waals surface area contributed by atoms with Crippen LogP contribution < -0.4 is 9.04 Å². The standard InChI is InChI=1S/C16H15NO6S/c1-10-8-13(18)11(16(19)20)9-15(10)24(21,22)17-6-7-23-14-5-3-2-4-12(14)17/h2-5,8-9,18H,6-7H2,1H3,(H,19,20). The highest BCUT2D eigenvalue weighted by Gasteiger charge is 2.32. The summed E-state index contributed by atoms with van der Waals surface area (Å²) in [4.78, 5) is 11.0. The summed E-state index contributed by atoms with van der Waals surface area (Å²) in [5, 5.41) is 18.8. The van der Waals surface area contributed by atoms with Crippen molar-refractivity contribution in [3.63, 3.8) is 0 Å². The molecular formula is C16H15NO6S. The summed E-state index contributed by atoms with van der Waals surface area (Å²) in [6.45, 7) is 1.81. The third-order valence-corrected chi connectivity index (χ3v) is 5.73. The molecule has 3 rings (SSSR count). The quantitative estimate of drug-likeness (QED) is 0.878. The van der Waals surface area contributed by atoms with Gasteiger partial charge in [0.2, 0.25) is 0 Å². The fourth-order valence-corrected chi connectivity index (χ4v) is 4.33. The Labute approximate surface area is 138 Å². The molecule has 0 radical (unpaired) electrons. The highest BCUT2D eigenvalue weighted by molar-refractivity contribution is 7.92. The van der Waals surface area contributed by atoms with Crippen molar-refractivity contribution in [2.75, 3.05) is 17.5 Å². The van der Waals surface area contributed by atoms with E-state index in [0.29, 0.717) is 11.4 Å². The highest BCUT2D eigenvalue weighted by Crippen LogP contribution is 2.36. The number of carbonyl (C=O) groups is 1. The van der Waals surface area contributed by atoms with Crippen LogP contribution in [0.15, 0.2) is 41.3 Å². The summed E-state index contributed by atoms with van der Waals surface area (Å²) < 4.78 is 32.8. The molecule has 1 aliphatic rings. The Hall–Kier alpha value is -2.74. The molecule has 0 unspecified atom stereocenters. The molecule has 0 aliphatic carbocycles. The smallest absolute Gasteiger partial charge is 0.339 e. The van der Waals surface area contributed by atoms with Gasteiger partial charge in [0.05, 0.1) is 17.1 Å². The lowest BCUT2D eigenvalue weighted by atomic mass is 10.1. The number of hydrogen-bond donors (Lipinski definition) is 2. The van der Waals surface area contributed by atoms with Crippen LogP contribution in [-0.4, -0.2) is 37.8 Å². The maximum absolute atomic E-state index is 13.1. The molecule has 0 spiro atoms. The molecule has 1 aliphatic heterocycles. The first-order valence-electron chi connectivity index (χ1n) is 7.14. The number of fused-ring (bicyclic) bond motifs is 1. The molecule has 0 atom stereocenters. The summed E-state index contributed by atoms with van der Waals surface area (Å²) in [5.74, 6) is -1.42. The van der Waals surface area contributed by atoms with E-state index in [-0.39, 0.29) is 23.6 Å². The normalized spacial score (nSPS) is 14.0. The van der Waals surface area contributed by atoms with Crippen molar-refractivity contribution in [1.29, 1.82) is 0 Å². The summed E-state index contributed by atoms with van der Waals surface area (Å²) in [6, 6.07) is 8.86. The number of ether oxygens (including phenoxy) is 1. The van der Waals surface area contributed by atoms with Gasteiger partial charge in [-0.05, 0) is 36.8 Å². The molecule has 0 saturated heterocycles. The van der Waals surface area contributed by atoms with Crippen LogP contribution in [0.4, 0.5) is 5.69 Å². The molecule has 24 heavy (non-hydrogen) atoms. The minimum absolute atomic E-state index is 0.113. The number of rotatable bonds is 3. The van der Waals surface area contributed by atoms with Crippen LogP contribution >= 0.6 is 0 Å². The first kappa shape index (κ1) is 16.1. The number of nitrogens with zero attached hydrogens (tertiary/aromatic N) is 1. The van der Waals surface area contributed by atoms with E-state index in [4.69, 9.17) is 9.84 Å². The number of carboxylic acid groups (broad SMARTS) is 1. The zero-order chi connectivity index (χ0) is 17.5. The second kappa shape index (κ2) is 5.72. The average molecular weight is 349 g/mol. The number of benzene rings is 2. The fourth-order valence-electron chi connectivity index (χ4n) is 2.63. The summed E-state index contributed by atoms with van der Waals surface area (Å²) >= 11 is 0. The summed E-state index contributed by atoms with van der Waals surface area (Å²) in [5.41, 5.74) is 0.204. The SMILES string of the molecule is Cc1cc(O)c(C(=O)O)cc1S(=O)(=O)N1CCOc2ccccc21. The molecule has 2 N–H and O–H groups in total. The first-order chi connectivity index (χ1) is 11.3. The van der Waals surface area contributed by atoms with Gasteiger partial charge >= 0.3 is 5.97 Å². The van der Waals surface area contributed by atoms with E-state index in [1.165, 1.54) is 11.2 Å². The van der Waals surface area contributed by atoms with Gasteiger partial charge in [0.25, 0.3) is 10.0 Å². The number of aromatic carboxylic acids is 1. The maximum atomic E-state index is 13.1. The van der Waals surface area contributed by atoms with Crippen LogP contribution in [0.25, 0.3) is 0 Å². The Kier molecular flexibility index (Phi) is 3.84. The van der Waals surface area contributed by atoms with Crippen molar-refractivity contribution in [2.45, 2.75) is 11.8 Å². The zero-order valence-electron chi connectivity index (χ0n) is 12.8. The minimum Gasteiger partial charge on any atom is -0.507 e. The number of sulfonamides is 1. The number of anilines is 1. The number of aromatic hydroxyl groups is 1. The van der Waals surface area contributed by atoms with Gasteiger partial charge in [0.15, 0.2) is 0 Å². The van der Waals surface area contributed by atoms with Crippen molar-refractivity contribution in [3.05, 3.63) is 47.5 Å². The molecule has 1 heterocycles. The molecule has 0 fully saturated rings. The van der Waals surface area contributed by atoms with Gasteiger partial charge in [-0.2, -0.15) is 0 Å². The number of hydrogen-bond acceptors (Lipinski definition) is 5. The van der Waals surface area contributed by atoms with Crippen LogP contribution in [-0.2, 0) is 10.0 Å². The molecule has 7 nitrogen and oxygen atoms in total. The van der Waals surface area contributed by atoms with Crippen LogP contribution in [0.1, 0.15) is 15.9 Å². The Morgan fingerprint density at radius 2 is 1.96 bits per heavy atom. The maximum Gasteiger partial charge on any atom is 0.339 e. The molecule has 126 valence electrons. The zero-order valence-corrected chi connectivity index (χ0v) is 13.6. The molecular weight excluding hydrogens is 334 g/mol. The van der Waals surface area contributed by atoms with Crippen molar-refractivity contribution in [3.8, 4) is 11.5 Å². The van der Waals surface area contributed by atoms with Gasteiger partial charge in [-0.3, -0.25) is 4.31 Å². The molecule has 0 aromatic heterocycles. The summed E-state index contributed by atoms with van der Waals surface area (Å²) in [7, 11) is -4.00. The van der Waals surface area contributed by atoms with Crippen molar-refractivity contribution in [2.24, 2.45) is 0 Å². The van der Waals surface area contributed by atoms with Crippen LogP contribution in [0.3, 0.4) is 0 Å². The van der Waals surface area contributed by atoms with E-state index in [9.17, 15) is 18.3 Å². The Morgan fingerprint density at radius 3 is 2.67 bits per heavy atom. The topological polar surface area (TPSA) is 104 Å². The van der Waals surface area contributed by atoms with E-state index < -0.39 is 27.3 Å². The van der Waals surface area contributed by atoms with Gasteiger partial charge in [0.1, 0.15) is 23.7 Å². The molecule has 0 bridgehead atoms. The number of phenols is 1. The second-order valence-electron chi connectivity index (χ2n) is 5.33. The highest BCUT2D eigenvalue weighted by atomic mass is 32.2. The van der Waals surface area contributed by atoms with Crippen LogP contribution in [0.2, 0.25) is 0 Å². The Morgan fingerprint density at radius 1 is 1.25 bits per heavy atom. The second-order valence-corrected chi connectivity index (χ2v) is 7.16. The molecule has 2 aromatic carbocycles. The van der Waals surface area contributed by atoms with Gasteiger partial charge < -0.3 is 14.9 Å². The van der Waals surface area contributed by atoms with Gasteiger partial charge in [-0.1, -0.05) is 12.1 Å². The monoisotopic (exact) mass is 349 g/mol. The van der Waals surface area contributed by atoms with Gasteiger partial charge in [0, 0.05) is 0 Å². The number of aryl methyl sites for hydroxylation is 1. The van der Waals surface area contributed by atoms with E-state index in [1.807, 2.05) is 0 Å². The third kappa shape index (κ3) is 2.54. The van der Waals surface area contributed by atoms with E-state index >= 15 is 0 Å². The van der Waals surface area contributed by atoms with Crippen molar-refractivity contribution < 1.29 is 28.2 Å². The molecule has 8 heteroatoms. The first-order valence-corrected chi connectivity index (χ1v) is 8.58. The Bertz CT molecular complexity index is 922.